The lowest BCUT2D eigenvalue weighted by Crippen LogP contribution is -2.61. The first-order chi connectivity index (χ1) is 17.3. The van der Waals surface area contributed by atoms with E-state index in [1.165, 1.54) is 18.0 Å². The van der Waals surface area contributed by atoms with Crippen molar-refractivity contribution < 1.29 is 13.2 Å². The molecule has 1 N–H and O–H groups in total. The van der Waals surface area contributed by atoms with Crippen LogP contribution in [0.25, 0.3) is 0 Å². The lowest BCUT2D eigenvalue weighted by atomic mass is 10.0. The number of piperidine rings is 1. The fourth-order valence-electron chi connectivity index (χ4n) is 5.20. The highest BCUT2D eigenvalue weighted by Crippen LogP contribution is 2.33. The number of hydrogen-bond donors (Lipinski definition) is 1. The van der Waals surface area contributed by atoms with E-state index in [1.807, 2.05) is 24.8 Å². The largest absolute Gasteiger partial charge is 0.335 e. The van der Waals surface area contributed by atoms with E-state index in [9.17, 15) is 13.2 Å². The normalized spacial score (nSPS) is 24.1. The molecule has 0 radical (unpaired) electrons. The number of anilines is 1. The predicted molar refractivity (Wildman–Crippen MR) is 138 cm³/mol. The highest BCUT2D eigenvalue weighted by Gasteiger charge is 2.38. The number of sulfone groups is 1. The zero-order chi connectivity index (χ0) is 25.3. The van der Waals surface area contributed by atoms with Crippen LogP contribution < -0.4 is 10.2 Å². The maximum absolute atomic E-state index is 13.1. The minimum Gasteiger partial charge on any atom is -0.335 e. The number of carbonyl (C=O) groups excluding carboxylic acids is 1. The van der Waals surface area contributed by atoms with Crippen molar-refractivity contribution in [3.63, 3.8) is 0 Å². The first-order valence-corrected chi connectivity index (χ1v) is 14.5. The molecule has 0 unspecified atom stereocenters. The Morgan fingerprint density at radius 3 is 2.28 bits per heavy atom. The van der Waals surface area contributed by atoms with Crippen molar-refractivity contribution in [1.82, 2.24) is 25.1 Å². The first-order valence-electron chi connectivity index (χ1n) is 13.0. The zero-order valence-corrected chi connectivity index (χ0v) is 21.9. The van der Waals surface area contributed by atoms with Gasteiger partial charge < -0.3 is 15.1 Å². The fraction of sp³-hybridized carbons (Fsp3) is 0.577. The molecule has 5 rings (SSSR count). The van der Waals surface area contributed by atoms with E-state index in [2.05, 4.69) is 49.4 Å². The van der Waals surface area contributed by atoms with Gasteiger partial charge in [0.1, 0.15) is 4.90 Å². The Morgan fingerprint density at radius 2 is 1.64 bits per heavy atom. The Morgan fingerprint density at radius 1 is 0.972 bits per heavy atom. The van der Waals surface area contributed by atoms with E-state index in [4.69, 9.17) is 0 Å². The number of amides is 2. The molecule has 194 valence electrons. The fourth-order valence-corrected chi connectivity index (χ4v) is 6.74. The van der Waals surface area contributed by atoms with Crippen LogP contribution in [0.2, 0.25) is 0 Å². The molecule has 9 nitrogen and oxygen atoms in total. The van der Waals surface area contributed by atoms with Gasteiger partial charge in [-0.25, -0.2) is 23.2 Å². The van der Waals surface area contributed by atoms with Crippen molar-refractivity contribution in [2.45, 2.75) is 74.3 Å². The molecule has 2 aromatic rings. The molecule has 0 bridgehead atoms. The Labute approximate surface area is 213 Å². The molecule has 2 atom stereocenters. The topological polar surface area (TPSA) is 98.7 Å². The Hall–Kier alpha value is -2.72. The number of likely N-dealkylation sites (tertiary alicyclic amines) is 1. The van der Waals surface area contributed by atoms with Crippen LogP contribution in [0.3, 0.4) is 0 Å². The average molecular weight is 513 g/mol. The maximum atomic E-state index is 13.1. The van der Waals surface area contributed by atoms with Gasteiger partial charge in [0, 0.05) is 50.8 Å². The van der Waals surface area contributed by atoms with E-state index >= 15 is 0 Å². The quantitative estimate of drug-likeness (QED) is 0.635. The van der Waals surface area contributed by atoms with Crippen LogP contribution in [-0.2, 0) is 16.4 Å². The van der Waals surface area contributed by atoms with Crippen molar-refractivity contribution >= 4 is 21.8 Å². The van der Waals surface area contributed by atoms with Crippen molar-refractivity contribution in [1.29, 1.82) is 0 Å². The predicted octanol–water partition coefficient (Wildman–Crippen LogP) is 2.69. The van der Waals surface area contributed by atoms with Gasteiger partial charge in [0.05, 0.1) is 17.6 Å². The van der Waals surface area contributed by atoms with E-state index in [0.29, 0.717) is 19.0 Å². The van der Waals surface area contributed by atoms with Gasteiger partial charge in [0.15, 0.2) is 9.84 Å². The molecule has 1 aliphatic carbocycles. The monoisotopic (exact) mass is 512 g/mol. The number of piperazine rings is 1. The molecule has 1 aromatic carbocycles. The van der Waals surface area contributed by atoms with Crippen molar-refractivity contribution in [3.05, 3.63) is 48.3 Å². The second kappa shape index (κ2) is 10.3. The minimum atomic E-state index is -3.30. The number of nitrogens with zero attached hydrogens (tertiary/aromatic N) is 5. The Bertz CT molecular complexity index is 1150. The molecule has 2 saturated heterocycles. The number of urea groups is 1. The van der Waals surface area contributed by atoms with Crippen LogP contribution in [0.1, 0.15) is 45.1 Å². The van der Waals surface area contributed by atoms with Crippen molar-refractivity contribution in [2.24, 2.45) is 0 Å². The summed E-state index contributed by atoms with van der Waals surface area (Å²) in [4.78, 5) is 28.5. The third-order valence-corrected chi connectivity index (χ3v) is 9.79. The molecule has 3 fully saturated rings. The smallest absolute Gasteiger partial charge is 0.317 e. The number of nitrogens with one attached hydrogen (secondary N) is 1. The summed E-state index contributed by atoms with van der Waals surface area (Å²) in [6, 6.07) is 10.7. The molecular formula is C26H36N6O3S. The van der Waals surface area contributed by atoms with Crippen molar-refractivity contribution in [3.8, 4) is 0 Å². The highest BCUT2D eigenvalue weighted by atomic mass is 32.2. The molecule has 1 aromatic heterocycles. The van der Waals surface area contributed by atoms with Crippen LogP contribution in [0.15, 0.2) is 47.6 Å². The summed E-state index contributed by atoms with van der Waals surface area (Å²) in [7, 11) is -3.30. The lowest BCUT2D eigenvalue weighted by Gasteiger charge is -2.44. The molecule has 3 heterocycles. The number of hydrogen-bond acceptors (Lipinski definition) is 7. The van der Waals surface area contributed by atoms with Gasteiger partial charge in [-0.15, -0.1) is 0 Å². The Balaban J connectivity index is 1.13. The average Bonchev–Trinajstić information content (AvgIpc) is 3.73. The van der Waals surface area contributed by atoms with Gasteiger partial charge in [-0.3, -0.25) is 4.90 Å². The standard InChI is InChI=1S/C26H36N6O3S/c1-19-17-32(26(33)29-22-10-12-30(13-11-22)18-21-6-4-3-5-7-21)20(2)16-31(19)25-27-14-24(15-28-25)36(34,35)23-8-9-23/h3-7,14-15,19-20,22-23H,8-13,16-18H2,1-2H3,(H,29,33)/t19-,20+/m0/s1. The maximum Gasteiger partial charge on any atom is 0.317 e. The van der Waals surface area contributed by atoms with E-state index < -0.39 is 9.84 Å². The van der Waals surface area contributed by atoms with Gasteiger partial charge in [0.25, 0.3) is 0 Å². The molecule has 3 aliphatic rings. The first kappa shape index (κ1) is 25.0. The van der Waals surface area contributed by atoms with Crippen molar-refractivity contribution in [2.75, 3.05) is 31.1 Å². The van der Waals surface area contributed by atoms with Crippen LogP contribution in [0.4, 0.5) is 10.7 Å². The molecule has 2 amide bonds. The summed E-state index contributed by atoms with van der Waals surface area (Å²) in [5.41, 5.74) is 1.32. The van der Waals surface area contributed by atoms with Crippen LogP contribution in [0.5, 0.6) is 0 Å². The summed E-state index contributed by atoms with van der Waals surface area (Å²) < 4.78 is 24.9. The SMILES string of the molecule is C[C@@H]1CN(c2ncc(S(=O)(=O)C3CC3)cn2)[C@@H](C)CN1C(=O)NC1CCN(Cc2ccccc2)CC1. The minimum absolute atomic E-state index is 0.0118. The Kier molecular flexibility index (Phi) is 7.16. The third-order valence-electron chi connectivity index (χ3n) is 7.57. The molecule has 0 spiro atoms. The van der Waals surface area contributed by atoms with E-state index in [1.54, 1.807) is 0 Å². The summed E-state index contributed by atoms with van der Waals surface area (Å²) >= 11 is 0. The van der Waals surface area contributed by atoms with Gasteiger partial charge in [0.2, 0.25) is 5.95 Å². The van der Waals surface area contributed by atoms with Crippen LogP contribution in [0, 0.1) is 0 Å². The second-order valence-corrected chi connectivity index (χ2v) is 12.7. The van der Waals surface area contributed by atoms with Gasteiger partial charge >= 0.3 is 6.03 Å². The summed E-state index contributed by atoms with van der Waals surface area (Å²) in [6.45, 7) is 8.14. The van der Waals surface area contributed by atoms with E-state index in [0.717, 1.165) is 45.3 Å². The zero-order valence-electron chi connectivity index (χ0n) is 21.1. The summed E-state index contributed by atoms with van der Waals surface area (Å²) in [5, 5.41) is 2.99. The molecule has 2 aliphatic heterocycles. The van der Waals surface area contributed by atoms with Crippen LogP contribution >= 0.6 is 0 Å². The molecular weight excluding hydrogens is 476 g/mol. The summed E-state index contributed by atoms with van der Waals surface area (Å²) in [6.07, 6.45) is 6.19. The van der Waals surface area contributed by atoms with Gasteiger partial charge in [-0.2, -0.15) is 0 Å². The second-order valence-electron chi connectivity index (χ2n) is 10.5. The van der Waals surface area contributed by atoms with Gasteiger partial charge in [-0.05, 0) is 45.1 Å². The number of carbonyl (C=O) groups is 1. The number of rotatable bonds is 6. The van der Waals surface area contributed by atoms with E-state index in [-0.39, 0.29) is 34.3 Å². The van der Waals surface area contributed by atoms with Gasteiger partial charge in [-0.1, -0.05) is 30.3 Å². The molecule has 1 saturated carbocycles. The number of aromatic nitrogens is 2. The summed E-state index contributed by atoms with van der Waals surface area (Å²) in [5.74, 6) is 0.509. The highest BCUT2D eigenvalue weighted by molar-refractivity contribution is 7.92. The number of benzene rings is 1. The molecule has 10 heteroatoms. The molecule has 36 heavy (non-hydrogen) atoms. The van der Waals surface area contributed by atoms with Crippen LogP contribution in [-0.4, -0.2) is 83.8 Å². The third kappa shape index (κ3) is 5.49. The lowest BCUT2D eigenvalue weighted by molar-refractivity contribution is 0.145.